The van der Waals surface area contributed by atoms with Gasteiger partial charge in [0, 0.05) is 31.8 Å². The Balaban J connectivity index is 2.73. The molecule has 1 aromatic carbocycles. The van der Waals surface area contributed by atoms with Crippen LogP contribution in [0.2, 0.25) is 0 Å². The summed E-state index contributed by atoms with van der Waals surface area (Å²) < 4.78 is 10.2. The van der Waals surface area contributed by atoms with Gasteiger partial charge >= 0.3 is 0 Å². The monoisotopic (exact) mass is 279 g/mol. The predicted octanol–water partition coefficient (Wildman–Crippen LogP) is 1.18. The standard InChI is InChI=1S/C15H21NO4/c1-19-12-10-16(9-11-17)15(18)8-7-13-5-3-4-6-14(13)20-2/h3-8,17H,9-12H2,1-2H3/b8-7+. The molecule has 110 valence electrons. The molecule has 1 rings (SSSR count). The Bertz CT molecular complexity index is 445. The van der Waals surface area contributed by atoms with Gasteiger partial charge in [0.05, 0.1) is 20.3 Å². The third-order valence-electron chi connectivity index (χ3n) is 2.79. The largest absolute Gasteiger partial charge is 0.496 e. The molecule has 0 aliphatic carbocycles. The van der Waals surface area contributed by atoms with Gasteiger partial charge in [0.2, 0.25) is 5.91 Å². The Morgan fingerprint density at radius 1 is 1.30 bits per heavy atom. The third kappa shape index (κ3) is 5.03. The van der Waals surface area contributed by atoms with Gasteiger partial charge in [0.1, 0.15) is 5.75 Å². The van der Waals surface area contributed by atoms with Crippen molar-refractivity contribution in [2.45, 2.75) is 0 Å². The molecule has 0 spiro atoms. The van der Waals surface area contributed by atoms with Crippen LogP contribution in [0.5, 0.6) is 5.75 Å². The van der Waals surface area contributed by atoms with Gasteiger partial charge in [-0.25, -0.2) is 0 Å². The quantitative estimate of drug-likeness (QED) is 0.726. The first-order valence-electron chi connectivity index (χ1n) is 6.42. The van der Waals surface area contributed by atoms with Gasteiger partial charge in [-0.05, 0) is 12.1 Å². The van der Waals surface area contributed by atoms with E-state index in [-0.39, 0.29) is 12.5 Å². The van der Waals surface area contributed by atoms with E-state index >= 15 is 0 Å². The molecule has 0 saturated heterocycles. The number of aliphatic hydroxyl groups is 1. The van der Waals surface area contributed by atoms with Crippen LogP contribution in [0.3, 0.4) is 0 Å². The first-order valence-corrected chi connectivity index (χ1v) is 6.42. The molecule has 1 N–H and O–H groups in total. The van der Waals surface area contributed by atoms with Gasteiger partial charge in [-0.3, -0.25) is 4.79 Å². The van der Waals surface area contributed by atoms with E-state index in [4.69, 9.17) is 14.6 Å². The van der Waals surface area contributed by atoms with E-state index in [0.29, 0.717) is 25.4 Å². The molecule has 20 heavy (non-hydrogen) atoms. The maximum Gasteiger partial charge on any atom is 0.246 e. The fourth-order valence-corrected chi connectivity index (χ4v) is 1.72. The SMILES string of the molecule is COCCN(CCO)C(=O)/C=C/c1ccccc1OC. The number of aliphatic hydroxyl groups excluding tert-OH is 1. The lowest BCUT2D eigenvalue weighted by atomic mass is 10.2. The molecule has 0 saturated carbocycles. The highest BCUT2D eigenvalue weighted by molar-refractivity contribution is 5.92. The van der Waals surface area contributed by atoms with Crippen LogP contribution in [0.1, 0.15) is 5.56 Å². The average Bonchev–Trinajstić information content (AvgIpc) is 2.49. The van der Waals surface area contributed by atoms with E-state index in [9.17, 15) is 4.79 Å². The molecule has 1 amide bonds. The minimum Gasteiger partial charge on any atom is -0.496 e. The summed E-state index contributed by atoms with van der Waals surface area (Å²) in [5.74, 6) is 0.546. The second-order valence-corrected chi connectivity index (χ2v) is 4.12. The maximum absolute atomic E-state index is 12.0. The summed E-state index contributed by atoms with van der Waals surface area (Å²) in [5, 5.41) is 8.97. The molecule has 0 bridgehead atoms. The summed E-state index contributed by atoms with van der Waals surface area (Å²) in [6, 6.07) is 7.45. The fraction of sp³-hybridized carbons (Fsp3) is 0.400. The Labute approximate surface area is 119 Å². The number of amides is 1. The minimum absolute atomic E-state index is 0.0715. The highest BCUT2D eigenvalue weighted by Crippen LogP contribution is 2.18. The molecule has 0 radical (unpaired) electrons. The molecule has 0 fully saturated rings. The van der Waals surface area contributed by atoms with E-state index in [1.165, 1.54) is 11.0 Å². The van der Waals surface area contributed by atoms with Gasteiger partial charge in [-0.2, -0.15) is 0 Å². The predicted molar refractivity (Wildman–Crippen MR) is 77.6 cm³/mol. The van der Waals surface area contributed by atoms with Crippen LogP contribution in [-0.4, -0.2) is 56.4 Å². The van der Waals surface area contributed by atoms with Crippen molar-refractivity contribution < 1.29 is 19.4 Å². The second-order valence-electron chi connectivity index (χ2n) is 4.12. The maximum atomic E-state index is 12.0. The van der Waals surface area contributed by atoms with E-state index in [2.05, 4.69) is 0 Å². The van der Waals surface area contributed by atoms with Crippen molar-refractivity contribution in [2.24, 2.45) is 0 Å². The highest BCUT2D eigenvalue weighted by atomic mass is 16.5. The second kappa shape index (κ2) is 9.12. The molecule has 0 aromatic heterocycles. The van der Waals surface area contributed by atoms with Gasteiger partial charge in [0.15, 0.2) is 0 Å². The third-order valence-corrected chi connectivity index (χ3v) is 2.79. The first kappa shape index (κ1) is 16.2. The number of methoxy groups -OCH3 is 2. The van der Waals surface area contributed by atoms with E-state index < -0.39 is 0 Å². The molecular formula is C15H21NO4. The number of hydrogen-bond donors (Lipinski definition) is 1. The number of hydrogen-bond acceptors (Lipinski definition) is 4. The Morgan fingerprint density at radius 2 is 2.05 bits per heavy atom. The average molecular weight is 279 g/mol. The number of benzene rings is 1. The number of rotatable bonds is 8. The van der Waals surface area contributed by atoms with Crippen molar-refractivity contribution in [2.75, 3.05) is 40.5 Å². The molecule has 0 aliphatic rings. The summed E-state index contributed by atoms with van der Waals surface area (Å²) in [6.07, 6.45) is 3.18. The van der Waals surface area contributed by atoms with Gasteiger partial charge in [-0.15, -0.1) is 0 Å². The first-order chi connectivity index (χ1) is 9.72. The molecule has 0 atom stereocenters. The summed E-state index contributed by atoms with van der Waals surface area (Å²) in [6.45, 7) is 1.11. The van der Waals surface area contributed by atoms with Crippen LogP contribution in [0.25, 0.3) is 6.08 Å². The Kier molecular flexibility index (Phi) is 7.39. The molecule has 1 aromatic rings. The van der Waals surface area contributed by atoms with Crippen molar-refractivity contribution in [3.05, 3.63) is 35.9 Å². The van der Waals surface area contributed by atoms with Gasteiger partial charge in [0.25, 0.3) is 0 Å². The minimum atomic E-state index is -0.165. The molecule has 0 aliphatic heterocycles. The summed E-state index contributed by atoms with van der Waals surface area (Å²) in [4.78, 5) is 13.6. The van der Waals surface area contributed by atoms with Crippen LogP contribution in [0.4, 0.5) is 0 Å². The van der Waals surface area contributed by atoms with Crippen LogP contribution in [-0.2, 0) is 9.53 Å². The van der Waals surface area contributed by atoms with E-state index in [1.54, 1.807) is 20.3 Å². The van der Waals surface area contributed by atoms with Crippen LogP contribution in [0, 0.1) is 0 Å². The Hall–Kier alpha value is -1.85. The topological polar surface area (TPSA) is 59.0 Å². The number of nitrogens with zero attached hydrogens (tertiary/aromatic N) is 1. The summed E-state index contributed by atoms with van der Waals surface area (Å²) >= 11 is 0. The highest BCUT2D eigenvalue weighted by Gasteiger charge is 2.09. The lowest BCUT2D eigenvalue weighted by Crippen LogP contribution is -2.34. The number of carbonyl (C=O) groups is 1. The summed E-state index contributed by atoms with van der Waals surface area (Å²) in [7, 11) is 3.16. The van der Waals surface area contributed by atoms with Crippen molar-refractivity contribution in [3.8, 4) is 5.75 Å². The van der Waals surface area contributed by atoms with Crippen LogP contribution in [0.15, 0.2) is 30.3 Å². The van der Waals surface area contributed by atoms with Crippen LogP contribution < -0.4 is 4.74 Å². The summed E-state index contributed by atoms with van der Waals surface area (Å²) in [5.41, 5.74) is 0.832. The smallest absolute Gasteiger partial charge is 0.246 e. The van der Waals surface area contributed by atoms with Gasteiger partial charge in [-0.1, -0.05) is 18.2 Å². The molecular weight excluding hydrogens is 258 g/mol. The van der Waals surface area contributed by atoms with Crippen molar-refractivity contribution in [3.63, 3.8) is 0 Å². The zero-order valence-electron chi connectivity index (χ0n) is 11.9. The number of carbonyl (C=O) groups excluding carboxylic acids is 1. The molecule has 5 nitrogen and oxygen atoms in total. The number of para-hydroxylation sites is 1. The Morgan fingerprint density at radius 3 is 2.70 bits per heavy atom. The van der Waals surface area contributed by atoms with Crippen LogP contribution >= 0.6 is 0 Å². The van der Waals surface area contributed by atoms with E-state index in [0.717, 1.165) is 5.56 Å². The molecule has 0 heterocycles. The zero-order chi connectivity index (χ0) is 14.8. The number of ether oxygens (including phenoxy) is 2. The molecule has 5 heteroatoms. The fourth-order valence-electron chi connectivity index (χ4n) is 1.72. The van der Waals surface area contributed by atoms with Crippen molar-refractivity contribution >= 4 is 12.0 Å². The molecule has 0 unspecified atom stereocenters. The van der Waals surface area contributed by atoms with Crippen molar-refractivity contribution in [1.29, 1.82) is 0 Å². The van der Waals surface area contributed by atoms with E-state index in [1.807, 2.05) is 24.3 Å². The van der Waals surface area contributed by atoms with Crippen molar-refractivity contribution in [1.82, 2.24) is 4.90 Å². The lowest BCUT2D eigenvalue weighted by Gasteiger charge is -2.19. The lowest BCUT2D eigenvalue weighted by molar-refractivity contribution is -0.127. The van der Waals surface area contributed by atoms with Gasteiger partial charge < -0.3 is 19.5 Å². The zero-order valence-corrected chi connectivity index (χ0v) is 11.9. The normalized spacial score (nSPS) is 10.8.